The highest BCUT2D eigenvalue weighted by Gasteiger charge is 2.30. The Morgan fingerprint density at radius 1 is 1.47 bits per heavy atom. The molecule has 1 saturated heterocycles. The van der Waals surface area contributed by atoms with Crippen LogP contribution < -0.4 is 5.32 Å². The number of esters is 1. The van der Waals surface area contributed by atoms with Gasteiger partial charge in [0, 0.05) is 10.5 Å². The maximum Gasteiger partial charge on any atom is 0.310 e. The first-order chi connectivity index (χ1) is 8.16. The van der Waals surface area contributed by atoms with Gasteiger partial charge in [-0.25, -0.2) is 0 Å². The van der Waals surface area contributed by atoms with Crippen molar-refractivity contribution in [1.82, 2.24) is 5.32 Å². The Morgan fingerprint density at radius 2 is 2.18 bits per heavy atom. The van der Waals surface area contributed by atoms with Gasteiger partial charge in [0.2, 0.25) is 0 Å². The van der Waals surface area contributed by atoms with E-state index in [-0.39, 0.29) is 17.9 Å². The maximum absolute atomic E-state index is 11.8. The minimum absolute atomic E-state index is 0.00504. The van der Waals surface area contributed by atoms with Crippen molar-refractivity contribution in [3.05, 3.63) is 34.3 Å². The van der Waals surface area contributed by atoms with Crippen LogP contribution in [0.4, 0.5) is 0 Å². The molecular formula is C13H16BrNO2. The van der Waals surface area contributed by atoms with Gasteiger partial charge in [-0.3, -0.25) is 4.79 Å². The summed E-state index contributed by atoms with van der Waals surface area (Å²) >= 11 is 3.37. The molecule has 1 aliphatic rings. The summed E-state index contributed by atoms with van der Waals surface area (Å²) in [6.45, 7) is 3.28. The van der Waals surface area contributed by atoms with Gasteiger partial charge in [-0.2, -0.15) is 0 Å². The summed E-state index contributed by atoms with van der Waals surface area (Å²) < 4.78 is 6.36. The highest BCUT2D eigenvalue weighted by Crippen LogP contribution is 2.18. The van der Waals surface area contributed by atoms with Crippen LogP contribution in [0, 0.1) is 5.92 Å². The van der Waals surface area contributed by atoms with E-state index in [1.165, 1.54) is 0 Å². The first kappa shape index (κ1) is 12.6. The zero-order valence-electron chi connectivity index (χ0n) is 9.78. The lowest BCUT2D eigenvalue weighted by molar-refractivity contribution is -0.150. The molecule has 0 aromatic heterocycles. The van der Waals surface area contributed by atoms with E-state index in [0.717, 1.165) is 23.0 Å². The Morgan fingerprint density at radius 3 is 2.76 bits per heavy atom. The molecule has 0 aliphatic carbocycles. The molecule has 2 atom stereocenters. The monoisotopic (exact) mass is 297 g/mol. The predicted octanol–water partition coefficient (Wildman–Crippen LogP) is 2.49. The molecule has 0 radical (unpaired) electrons. The number of benzene rings is 1. The smallest absolute Gasteiger partial charge is 0.310 e. The molecule has 1 fully saturated rings. The van der Waals surface area contributed by atoms with Crippen molar-refractivity contribution in [3.63, 3.8) is 0 Å². The zero-order chi connectivity index (χ0) is 12.3. The molecule has 0 saturated carbocycles. The average Bonchev–Trinajstić information content (AvgIpc) is 2.74. The van der Waals surface area contributed by atoms with E-state index in [0.29, 0.717) is 6.61 Å². The topological polar surface area (TPSA) is 38.3 Å². The van der Waals surface area contributed by atoms with Gasteiger partial charge in [0.25, 0.3) is 0 Å². The van der Waals surface area contributed by atoms with Crippen LogP contribution in [0.25, 0.3) is 0 Å². The fraction of sp³-hybridized carbons (Fsp3) is 0.462. The molecular weight excluding hydrogens is 282 g/mol. The first-order valence-corrected chi connectivity index (χ1v) is 6.60. The minimum atomic E-state index is -0.0922. The van der Waals surface area contributed by atoms with E-state index in [1.807, 2.05) is 31.2 Å². The Labute approximate surface area is 110 Å². The summed E-state index contributed by atoms with van der Waals surface area (Å²) in [4.78, 5) is 11.8. The van der Waals surface area contributed by atoms with E-state index in [2.05, 4.69) is 21.2 Å². The number of carbonyl (C=O) groups excluding carboxylic acids is 1. The molecule has 1 N–H and O–H groups in total. The summed E-state index contributed by atoms with van der Waals surface area (Å²) in [6, 6.07) is 8.03. The van der Waals surface area contributed by atoms with Crippen LogP contribution in [0.5, 0.6) is 0 Å². The Balaban J connectivity index is 1.85. The number of halogens is 1. The number of ether oxygens (including phenoxy) is 1. The lowest BCUT2D eigenvalue weighted by atomic mass is 10.0. The fourth-order valence-electron chi connectivity index (χ4n) is 2.02. The zero-order valence-corrected chi connectivity index (χ0v) is 11.4. The second-order valence-electron chi connectivity index (χ2n) is 4.37. The van der Waals surface area contributed by atoms with Crippen molar-refractivity contribution >= 4 is 21.9 Å². The minimum Gasteiger partial charge on any atom is -0.461 e. The lowest BCUT2D eigenvalue weighted by Crippen LogP contribution is -2.29. The summed E-state index contributed by atoms with van der Waals surface area (Å²) in [7, 11) is 0. The van der Waals surface area contributed by atoms with Crippen molar-refractivity contribution < 1.29 is 9.53 Å². The lowest BCUT2D eigenvalue weighted by Gasteiger charge is -2.14. The largest absolute Gasteiger partial charge is 0.461 e. The van der Waals surface area contributed by atoms with E-state index < -0.39 is 0 Å². The van der Waals surface area contributed by atoms with Crippen molar-refractivity contribution in [1.29, 1.82) is 0 Å². The van der Waals surface area contributed by atoms with Crippen LogP contribution in [-0.2, 0) is 16.1 Å². The number of hydrogen-bond acceptors (Lipinski definition) is 3. The second kappa shape index (κ2) is 5.65. The summed E-state index contributed by atoms with van der Waals surface area (Å²) in [5.41, 5.74) is 1.01. The van der Waals surface area contributed by atoms with E-state index >= 15 is 0 Å². The third-order valence-electron chi connectivity index (χ3n) is 3.12. The Hall–Kier alpha value is -0.870. The van der Waals surface area contributed by atoms with Gasteiger partial charge in [-0.1, -0.05) is 28.1 Å². The molecule has 1 heterocycles. The van der Waals surface area contributed by atoms with Gasteiger partial charge >= 0.3 is 5.97 Å². The third-order valence-corrected chi connectivity index (χ3v) is 3.65. The molecule has 2 rings (SSSR count). The molecule has 1 aliphatic heterocycles. The number of hydrogen-bond donors (Lipinski definition) is 1. The fourth-order valence-corrected chi connectivity index (χ4v) is 2.29. The highest BCUT2D eigenvalue weighted by molar-refractivity contribution is 9.10. The van der Waals surface area contributed by atoms with Gasteiger partial charge in [0.05, 0.1) is 5.92 Å². The van der Waals surface area contributed by atoms with Crippen LogP contribution in [0.3, 0.4) is 0 Å². The number of rotatable bonds is 3. The van der Waals surface area contributed by atoms with Crippen LogP contribution in [0.2, 0.25) is 0 Å². The van der Waals surface area contributed by atoms with Gasteiger partial charge in [0.1, 0.15) is 6.61 Å². The highest BCUT2D eigenvalue weighted by atomic mass is 79.9. The van der Waals surface area contributed by atoms with E-state index in [4.69, 9.17) is 4.74 Å². The van der Waals surface area contributed by atoms with Gasteiger partial charge in [0.15, 0.2) is 0 Å². The standard InChI is InChI=1S/C13H16BrNO2/c1-9-12(6-7-15-9)13(16)17-8-10-2-4-11(14)5-3-10/h2-5,9,12,15H,6-8H2,1H3. The molecule has 2 unspecified atom stereocenters. The molecule has 92 valence electrons. The van der Waals surface area contributed by atoms with Crippen molar-refractivity contribution in [2.45, 2.75) is 26.0 Å². The van der Waals surface area contributed by atoms with Crippen molar-refractivity contribution in [3.8, 4) is 0 Å². The molecule has 3 nitrogen and oxygen atoms in total. The molecule has 1 aromatic rings. The summed E-state index contributed by atoms with van der Waals surface area (Å²) in [5.74, 6) is -0.0872. The molecule has 0 spiro atoms. The molecule has 17 heavy (non-hydrogen) atoms. The second-order valence-corrected chi connectivity index (χ2v) is 5.29. The Bertz CT molecular complexity index is 391. The first-order valence-electron chi connectivity index (χ1n) is 5.81. The Kier molecular flexibility index (Phi) is 4.18. The van der Waals surface area contributed by atoms with Gasteiger partial charge in [-0.15, -0.1) is 0 Å². The number of nitrogens with one attached hydrogen (secondary N) is 1. The molecule has 0 amide bonds. The number of carbonyl (C=O) groups is 1. The predicted molar refractivity (Wildman–Crippen MR) is 69.5 cm³/mol. The quantitative estimate of drug-likeness (QED) is 0.871. The van der Waals surface area contributed by atoms with Crippen LogP contribution in [-0.4, -0.2) is 18.6 Å². The molecule has 0 bridgehead atoms. The summed E-state index contributed by atoms with van der Waals surface area (Å²) in [6.07, 6.45) is 0.875. The average molecular weight is 298 g/mol. The van der Waals surface area contributed by atoms with Crippen molar-refractivity contribution in [2.24, 2.45) is 5.92 Å². The maximum atomic E-state index is 11.8. The van der Waals surface area contributed by atoms with Crippen LogP contribution in [0.1, 0.15) is 18.9 Å². The van der Waals surface area contributed by atoms with Gasteiger partial charge < -0.3 is 10.1 Å². The van der Waals surface area contributed by atoms with Gasteiger partial charge in [-0.05, 0) is 37.6 Å². The molecule has 4 heteroatoms. The van der Waals surface area contributed by atoms with Crippen LogP contribution >= 0.6 is 15.9 Å². The SMILES string of the molecule is CC1NCCC1C(=O)OCc1ccc(Br)cc1. The van der Waals surface area contributed by atoms with E-state index in [9.17, 15) is 4.79 Å². The van der Waals surface area contributed by atoms with Crippen molar-refractivity contribution in [2.75, 3.05) is 6.54 Å². The van der Waals surface area contributed by atoms with E-state index in [1.54, 1.807) is 0 Å². The summed E-state index contributed by atoms with van der Waals surface area (Å²) in [5, 5.41) is 3.25. The molecule has 1 aromatic carbocycles. The third kappa shape index (κ3) is 3.30. The normalized spacial score (nSPS) is 23.6. The van der Waals surface area contributed by atoms with Crippen LogP contribution in [0.15, 0.2) is 28.7 Å².